The molecule has 0 aromatic carbocycles. The number of rotatable bonds is 7. The maximum atomic E-state index is 11.6. The number of hydrogen-bond donors (Lipinski definition) is 1. The van der Waals surface area contributed by atoms with Crippen molar-refractivity contribution in [2.24, 2.45) is 5.92 Å². The molecule has 0 saturated heterocycles. The van der Waals surface area contributed by atoms with Crippen molar-refractivity contribution < 1.29 is 9.90 Å². The Morgan fingerprint density at radius 3 is 2.64 bits per heavy atom. The minimum Gasteiger partial charge on any atom is -0.395 e. The molecule has 0 aromatic heterocycles. The molecule has 0 unspecified atom stereocenters. The van der Waals surface area contributed by atoms with Crippen molar-refractivity contribution in [1.82, 2.24) is 4.90 Å². The van der Waals surface area contributed by atoms with Gasteiger partial charge in [-0.2, -0.15) is 0 Å². The lowest BCUT2D eigenvalue weighted by Gasteiger charge is -2.20. The molecule has 3 heteroatoms. The van der Waals surface area contributed by atoms with Crippen LogP contribution in [0, 0.1) is 5.92 Å². The third-order valence-electron chi connectivity index (χ3n) is 2.01. The van der Waals surface area contributed by atoms with Crippen LogP contribution in [0.4, 0.5) is 0 Å². The zero-order chi connectivity index (χ0) is 11.0. The fraction of sp³-hybridized carbons (Fsp3) is 0.727. The molecule has 0 heterocycles. The Hall–Kier alpha value is -0.830. The van der Waals surface area contributed by atoms with Crippen molar-refractivity contribution in [1.29, 1.82) is 0 Å². The topological polar surface area (TPSA) is 40.5 Å². The number of aliphatic hydroxyl groups excluding tert-OH is 1. The fourth-order valence-corrected chi connectivity index (χ4v) is 1.16. The van der Waals surface area contributed by atoms with Crippen LogP contribution in [-0.4, -0.2) is 35.6 Å². The first kappa shape index (κ1) is 13.2. The highest BCUT2D eigenvalue weighted by molar-refractivity contribution is 5.76. The lowest BCUT2D eigenvalue weighted by molar-refractivity contribution is -0.131. The van der Waals surface area contributed by atoms with E-state index in [2.05, 4.69) is 20.4 Å². The largest absolute Gasteiger partial charge is 0.395 e. The van der Waals surface area contributed by atoms with Crippen LogP contribution < -0.4 is 0 Å². The highest BCUT2D eigenvalue weighted by atomic mass is 16.3. The van der Waals surface area contributed by atoms with Gasteiger partial charge in [-0.3, -0.25) is 4.79 Å². The first-order valence-electron chi connectivity index (χ1n) is 5.11. The third-order valence-corrected chi connectivity index (χ3v) is 2.01. The second-order valence-electron chi connectivity index (χ2n) is 3.78. The molecule has 82 valence electrons. The number of hydrogen-bond acceptors (Lipinski definition) is 2. The van der Waals surface area contributed by atoms with E-state index >= 15 is 0 Å². The molecule has 0 saturated carbocycles. The standard InChI is InChI=1S/C11H21NO2/c1-4-7-12(8-9-13)11(14)6-5-10(2)3/h4,10,13H,1,5-9H2,2-3H3. The van der Waals surface area contributed by atoms with E-state index in [9.17, 15) is 4.79 Å². The van der Waals surface area contributed by atoms with Crippen molar-refractivity contribution in [2.75, 3.05) is 19.7 Å². The van der Waals surface area contributed by atoms with Gasteiger partial charge in [-0.25, -0.2) is 0 Å². The maximum Gasteiger partial charge on any atom is 0.222 e. The Morgan fingerprint density at radius 1 is 1.57 bits per heavy atom. The van der Waals surface area contributed by atoms with Crippen LogP contribution in [0.1, 0.15) is 26.7 Å². The molecule has 0 rings (SSSR count). The molecule has 0 atom stereocenters. The molecule has 0 aromatic rings. The van der Waals surface area contributed by atoms with Crippen molar-refractivity contribution in [3.8, 4) is 0 Å². The van der Waals surface area contributed by atoms with Gasteiger partial charge in [0.2, 0.25) is 5.91 Å². The zero-order valence-electron chi connectivity index (χ0n) is 9.20. The Morgan fingerprint density at radius 2 is 2.21 bits per heavy atom. The lowest BCUT2D eigenvalue weighted by atomic mass is 10.1. The summed E-state index contributed by atoms with van der Waals surface area (Å²) in [6.07, 6.45) is 3.15. The Bertz CT molecular complexity index is 178. The molecule has 3 nitrogen and oxygen atoms in total. The van der Waals surface area contributed by atoms with E-state index in [1.165, 1.54) is 0 Å². The summed E-state index contributed by atoms with van der Waals surface area (Å²) >= 11 is 0. The van der Waals surface area contributed by atoms with Crippen LogP contribution in [0.5, 0.6) is 0 Å². The molecule has 0 spiro atoms. The quantitative estimate of drug-likeness (QED) is 0.630. The van der Waals surface area contributed by atoms with Gasteiger partial charge in [0.15, 0.2) is 0 Å². The third kappa shape index (κ3) is 5.75. The molecule has 0 aliphatic carbocycles. The van der Waals surface area contributed by atoms with Gasteiger partial charge in [0.25, 0.3) is 0 Å². The van der Waals surface area contributed by atoms with Crippen molar-refractivity contribution in [3.63, 3.8) is 0 Å². The summed E-state index contributed by atoms with van der Waals surface area (Å²) in [6.45, 7) is 8.72. The molecular weight excluding hydrogens is 178 g/mol. The fourth-order valence-electron chi connectivity index (χ4n) is 1.16. The minimum absolute atomic E-state index is 0.0151. The molecule has 0 aliphatic rings. The van der Waals surface area contributed by atoms with Gasteiger partial charge in [-0.15, -0.1) is 6.58 Å². The van der Waals surface area contributed by atoms with Gasteiger partial charge < -0.3 is 10.0 Å². The van der Waals surface area contributed by atoms with Gasteiger partial charge in [0.1, 0.15) is 0 Å². The molecule has 0 bridgehead atoms. The van der Waals surface area contributed by atoms with Crippen molar-refractivity contribution in [3.05, 3.63) is 12.7 Å². The maximum absolute atomic E-state index is 11.6. The molecule has 14 heavy (non-hydrogen) atoms. The second-order valence-corrected chi connectivity index (χ2v) is 3.78. The minimum atomic E-state index is 0.0151. The number of carbonyl (C=O) groups excluding carboxylic acids is 1. The van der Waals surface area contributed by atoms with Gasteiger partial charge in [0, 0.05) is 19.5 Å². The van der Waals surface area contributed by atoms with E-state index in [1.54, 1.807) is 11.0 Å². The highest BCUT2D eigenvalue weighted by Gasteiger charge is 2.11. The summed E-state index contributed by atoms with van der Waals surface area (Å²) in [5.41, 5.74) is 0. The lowest BCUT2D eigenvalue weighted by Crippen LogP contribution is -2.33. The first-order chi connectivity index (χ1) is 6.61. The Labute approximate surface area is 86.4 Å². The molecule has 0 radical (unpaired) electrons. The molecular formula is C11H21NO2. The predicted molar refractivity (Wildman–Crippen MR) is 57.9 cm³/mol. The van der Waals surface area contributed by atoms with E-state index in [-0.39, 0.29) is 12.5 Å². The van der Waals surface area contributed by atoms with Crippen molar-refractivity contribution in [2.45, 2.75) is 26.7 Å². The van der Waals surface area contributed by atoms with Crippen LogP contribution in [0.3, 0.4) is 0 Å². The Balaban J connectivity index is 3.94. The van der Waals surface area contributed by atoms with Gasteiger partial charge in [0.05, 0.1) is 6.61 Å². The van der Waals surface area contributed by atoms with E-state index in [4.69, 9.17) is 5.11 Å². The molecule has 1 amide bonds. The molecule has 0 fully saturated rings. The average Bonchev–Trinajstić information content (AvgIpc) is 2.14. The summed E-state index contributed by atoms with van der Waals surface area (Å²) in [5.74, 6) is 0.645. The monoisotopic (exact) mass is 199 g/mol. The molecule has 1 N–H and O–H groups in total. The van der Waals surface area contributed by atoms with Gasteiger partial charge >= 0.3 is 0 Å². The summed E-state index contributed by atoms with van der Waals surface area (Å²) in [7, 11) is 0. The van der Waals surface area contributed by atoms with E-state index < -0.39 is 0 Å². The highest BCUT2D eigenvalue weighted by Crippen LogP contribution is 2.06. The number of carbonyl (C=O) groups is 1. The number of aliphatic hydroxyl groups is 1. The predicted octanol–water partition coefficient (Wildman–Crippen LogP) is 1.43. The average molecular weight is 199 g/mol. The number of amides is 1. The van der Waals surface area contributed by atoms with Crippen LogP contribution >= 0.6 is 0 Å². The normalized spacial score (nSPS) is 10.3. The summed E-state index contributed by atoms with van der Waals surface area (Å²) < 4.78 is 0. The summed E-state index contributed by atoms with van der Waals surface area (Å²) in [5, 5.41) is 8.76. The van der Waals surface area contributed by atoms with Crippen LogP contribution in [0.25, 0.3) is 0 Å². The van der Waals surface area contributed by atoms with Crippen LogP contribution in [0.2, 0.25) is 0 Å². The zero-order valence-corrected chi connectivity index (χ0v) is 9.20. The van der Waals surface area contributed by atoms with Crippen LogP contribution in [-0.2, 0) is 4.79 Å². The number of nitrogens with zero attached hydrogens (tertiary/aromatic N) is 1. The Kier molecular flexibility index (Phi) is 7.11. The van der Waals surface area contributed by atoms with Gasteiger partial charge in [-0.1, -0.05) is 19.9 Å². The van der Waals surface area contributed by atoms with Gasteiger partial charge in [-0.05, 0) is 12.3 Å². The van der Waals surface area contributed by atoms with Crippen molar-refractivity contribution >= 4 is 5.91 Å². The van der Waals surface area contributed by atoms with E-state index in [0.29, 0.717) is 25.4 Å². The summed E-state index contributed by atoms with van der Waals surface area (Å²) in [4.78, 5) is 13.2. The van der Waals surface area contributed by atoms with E-state index in [1.807, 2.05) is 0 Å². The summed E-state index contributed by atoms with van der Waals surface area (Å²) in [6, 6.07) is 0. The first-order valence-corrected chi connectivity index (χ1v) is 5.11. The van der Waals surface area contributed by atoms with Crippen LogP contribution in [0.15, 0.2) is 12.7 Å². The SMILES string of the molecule is C=CCN(CCO)C(=O)CCC(C)C. The molecule has 0 aliphatic heterocycles. The smallest absolute Gasteiger partial charge is 0.222 e. The van der Waals surface area contributed by atoms with E-state index in [0.717, 1.165) is 6.42 Å². The second kappa shape index (κ2) is 7.56.